The van der Waals surface area contributed by atoms with Crippen LogP contribution >= 0.6 is 0 Å². The molecule has 124 valence electrons. The van der Waals surface area contributed by atoms with Crippen molar-refractivity contribution < 1.29 is 13.9 Å². The molecule has 0 spiro atoms. The lowest BCUT2D eigenvalue weighted by Gasteiger charge is -2.26. The molecule has 3 N–H and O–H groups in total. The molecule has 0 aromatic carbocycles. The Morgan fingerprint density at radius 1 is 1.50 bits per heavy atom. The quantitative estimate of drug-likeness (QED) is 0.694. The molecule has 2 heterocycles. The Morgan fingerprint density at radius 2 is 2.27 bits per heavy atom. The van der Waals surface area contributed by atoms with Gasteiger partial charge in [0.25, 0.3) is 5.91 Å². The van der Waals surface area contributed by atoms with Crippen LogP contribution in [0.3, 0.4) is 0 Å². The van der Waals surface area contributed by atoms with Crippen molar-refractivity contribution >= 4 is 5.91 Å². The van der Waals surface area contributed by atoms with Gasteiger partial charge < -0.3 is 20.2 Å². The molecule has 1 fully saturated rings. The van der Waals surface area contributed by atoms with Crippen molar-refractivity contribution in [1.29, 1.82) is 0 Å². The molecule has 0 radical (unpaired) electrons. The third-order valence-corrected chi connectivity index (χ3v) is 3.71. The third kappa shape index (κ3) is 5.08. The molecule has 7 heteroatoms. The van der Waals surface area contributed by atoms with Crippen molar-refractivity contribution in [2.75, 3.05) is 39.4 Å². The largest absolute Gasteiger partial charge is 0.446 e. The van der Waals surface area contributed by atoms with Gasteiger partial charge in [0.15, 0.2) is 5.69 Å². The Balaban J connectivity index is 1.68. The first kappa shape index (κ1) is 16.9. The average Bonchev–Trinajstić information content (AvgIpc) is 3.03. The van der Waals surface area contributed by atoms with E-state index >= 15 is 0 Å². The van der Waals surface area contributed by atoms with Gasteiger partial charge in [0.05, 0.1) is 19.3 Å². The molecule has 0 saturated carbocycles. The fraction of sp³-hybridized carbons (Fsp3) is 0.733. The second-order valence-corrected chi connectivity index (χ2v) is 5.53. The maximum atomic E-state index is 12.0. The highest BCUT2D eigenvalue weighted by atomic mass is 16.5. The number of carbonyl (C=O) groups is 1. The maximum absolute atomic E-state index is 12.0. The fourth-order valence-electron chi connectivity index (χ4n) is 2.42. The minimum atomic E-state index is -0.243. The molecule has 1 aliphatic heterocycles. The standard InChI is InChI=1S/C15H26N4O3/c1-2-4-12(16)15-18-13(11-22-15)14(20)17-5-3-6-19-7-9-21-10-8-19/h11-12H,2-10,16H2,1H3,(H,17,20). The predicted octanol–water partition coefficient (Wildman–Crippen LogP) is 0.927. The van der Waals surface area contributed by atoms with E-state index in [9.17, 15) is 4.79 Å². The molecular weight excluding hydrogens is 284 g/mol. The van der Waals surface area contributed by atoms with Gasteiger partial charge in [0, 0.05) is 19.6 Å². The van der Waals surface area contributed by atoms with E-state index in [1.807, 2.05) is 6.92 Å². The van der Waals surface area contributed by atoms with E-state index < -0.39 is 0 Å². The van der Waals surface area contributed by atoms with E-state index in [2.05, 4.69) is 15.2 Å². The maximum Gasteiger partial charge on any atom is 0.273 e. The number of nitrogens with one attached hydrogen (secondary N) is 1. The summed E-state index contributed by atoms with van der Waals surface area (Å²) < 4.78 is 10.6. The Labute approximate surface area is 131 Å². The number of hydrogen-bond donors (Lipinski definition) is 2. The Hall–Kier alpha value is -1.44. The second-order valence-electron chi connectivity index (χ2n) is 5.53. The summed E-state index contributed by atoms with van der Waals surface area (Å²) in [7, 11) is 0. The van der Waals surface area contributed by atoms with E-state index in [1.165, 1.54) is 6.26 Å². The van der Waals surface area contributed by atoms with E-state index in [4.69, 9.17) is 14.9 Å². The summed E-state index contributed by atoms with van der Waals surface area (Å²) in [6.45, 7) is 7.17. The number of aromatic nitrogens is 1. The van der Waals surface area contributed by atoms with E-state index in [1.54, 1.807) is 0 Å². The lowest BCUT2D eigenvalue weighted by atomic mass is 10.2. The Morgan fingerprint density at radius 3 is 3.00 bits per heavy atom. The predicted molar refractivity (Wildman–Crippen MR) is 82.5 cm³/mol. The van der Waals surface area contributed by atoms with E-state index in [-0.39, 0.29) is 11.9 Å². The number of ether oxygens (including phenoxy) is 1. The minimum Gasteiger partial charge on any atom is -0.446 e. The summed E-state index contributed by atoms with van der Waals surface area (Å²) in [5, 5.41) is 2.86. The van der Waals surface area contributed by atoms with Gasteiger partial charge in [-0.25, -0.2) is 4.98 Å². The van der Waals surface area contributed by atoms with Crippen LogP contribution in [0.2, 0.25) is 0 Å². The highest BCUT2D eigenvalue weighted by molar-refractivity contribution is 5.91. The first-order chi connectivity index (χ1) is 10.7. The summed E-state index contributed by atoms with van der Waals surface area (Å²) in [4.78, 5) is 18.5. The van der Waals surface area contributed by atoms with Gasteiger partial charge in [0.1, 0.15) is 6.26 Å². The first-order valence-electron chi connectivity index (χ1n) is 8.00. The normalized spacial score (nSPS) is 17.4. The van der Waals surface area contributed by atoms with Crippen LogP contribution in [0.1, 0.15) is 48.6 Å². The van der Waals surface area contributed by atoms with Crippen molar-refractivity contribution in [2.24, 2.45) is 5.73 Å². The number of rotatable bonds is 8. The summed E-state index contributed by atoms with van der Waals surface area (Å²) in [5.74, 6) is 0.223. The topological polar surface area (TPSA) is 93.6 Å². The van der Waals surface area contributed by atoms with Crippen LogP contribution in [0.5, 0.6) is 0 Å². The number of oxazole rings is 1. The van der Waals surface area contributed by atoms with Crippen LogP contribution in [0.4, 0.5) is 0 Å². The van der Waals surface area contributed by atoms with Crippen molar-refractivity contribution in [3.8, 4) is 0 Å². The molecule has 1 amide bonds. The van der Waals surface area contributed by atoms with E-state index in [0.717, 1.165) is 52.1 Å². The molecule has 0 aliphatic carbocycles. The van der Waals surface area contributed by atoms with Crippen LogP contribution in [-0.4, -0.2) is 55.2 Å². The van der Waals surface area contributed by atoms with Crippen LogP contribution in [0.25, 0.3) is 0 Å². The van der Waals surface area contributed by atoms with Crippen LogP contribution in [0.15, 0.2) is 10.7 Å². The number of morpholine rings is 1. The minimum absolute atomic E-state index is 0.208. The summed E-state index contributed by atoms with van der Waals surface area (Å²) in [6.07, 6.45) is 4.03. The molecular formula is C15H26N4O3. The Kier molecular flexibility index (Phi) is 6.82. The first-order valence-corrected chi connectivity index (χ1v) is 8.00. The van der Waals surface area contributed by atoms with Gasteiger partial charge >= 0.3 is 0 Å². The number of nitrogens with zero attached hydrogens (tertiary/aromatic N) is 2. The smallest absolute Gasteiger partial charge is 0.273 e. The molecule has 1 aliphatic rings. The average molecular weight is 310 g/mol. The molecule has 0 bridgehead atoms. The van der Waals surface area contributed by atoms with Crippen LogP contribution in [0, 0.1) is 0 Å². The van der Waals surface area contributed by atoms with Gasteiger partial charge in [-0.2, -0.15) is 0 Å². The number of nitrogens with two attached hydrogens (primary N) is 1. The zero-order valence-electron chi connectivity index (χ0n) is 13.2. The number of amides is 1. The van der Waals surface area contributed by atoms with Crippen molar-refractivity contribution in [1.82, 2.24) is 15.2 Å². The van der Waals surface area contributed by atoms with Crippen LogP contribution in [-0.2, 0) is 4.74 Å². The van der Waals surface area contributed by atoms with Crippen molar-refractivity contribution in [2.45, 2.75) is 32.2 Å². The lowest BCUT2D eigenvalue weighted by molar-refractivity contribution is 0.0374. The van der Waals surface area contributed by atoms with Crippen LogP contribution < -0.4 is 11.1 Å². The van der Waals surface area contributed by atoms with E-state index in [0.29, 0.717) is 18.1 Å². The highest BCUT2D eigenvalue weighted by Crippen LogP contribution is 2.14. The zero-order valence-corrected chi connectivity index (χ0v) is 13.2. The van der Waals surface area contributed by atoms with Crippen molar-refractivity contribution in [3.63, 3.8) is 0 Å². The number of hydrogen-bond acceptors (Lipinski definition) is 6. The number of carbonyl (C=O) groups excluding carboxylic acids is 1. The van der Waals surface area contributed by atoms with Gasteiger partial charge in [0.2, 0.25) is 5.89 Å². The zero-order chi connectivity index (χ0) is 15.8. The molecule has 2 rings (SSSR count). The molecule has 22 heavy (non-hydrogen) atoms. The SMILES string of the molecule is CCCC(N)c1nc(C(=O)NCCCN2CCOCC2)co1. The van der Waals surface area contributed by atoms with Gasteiger partial charge in [-0.1, -0.05) is 13.3 Å². The van der Waals surface area contributed by atoms with Gasteiger partial charge in [-0.05, 0) is 19.4 Å². The lowest BCUT2D eigenvalue weighted by Crippen LogP contribution is -2.38. The monoisotopic (exact) mass is 310 g/mol. The second kappa shape index (κ2) is 8.87. The molecule has 1 saturated heterocycles. The van der Waals surface area contributed by atoms with Crippen molar-refractivity contribution in [3.05, 3.63) is 17.8 Å². The highest BCUT2D eigenvalue weighted by Gasteiger charge is 2.16. The fourth-order valence-corrected chi connectivity index (χ4v) is 2.42. The summed E-state index contributed by atoms with van der Waals surface area (Å²) >= 11 is 0. The summed E-state index contributed by atoms with van der Waals surface area (Å²) in [5.41, 5.74) is 6.22. The van der Waals surface area contributed by atoms with Gasteiger partial charge in [-0.3, -0.25) is 9.69 Å². The third-order valence-electron chi connectivity index (χ3n) is 3.71. The molecule has 1 aromatic heterocycles. The summed E-state index contributed by atoms with van der Waals surface area (Å²) in [6, 6.07) is -0.243. The molecule has 1 unspecified atom stereocenters. The van der Waals surface area contributed by atoms with Gasteiger partial charge in [-0.15, -0.1) is 0 Å². The molecule has 7 nitrogen and oxygen atoms in total. The molecule has 1 aromatic rings. The Bertz CT molecular complexity index is 457. The molecule has 1 atom stereocenters.